The lowest BCUT2D eigenvalue weighted by Crippen LogP contribution is -2.39. The van der Waals surface area contributed by atoms with Crippen LogP contribution >= 0.6 is 0 Å². The minimum Gasteiger partial charge on any atom is -0.497 e. The maximum Gasteiger partial charge on any atom is 0.328 e. The van der Waals surface area contributed by atoms with Gasteiger partial charge in [0.1, 0.15) is 11.8 Å². The number of fused-ring (bicyclic) bond motifs is 1. The van der Waals surface area contributed by atoms with Crippen LogP contribution in [0.2, 0.25) is 0 Å². The molecule has 0 bridgehead atoms. The molecule has 34 heavy (non-hydrogen) atoms. The van der Waals surface area contributed by atoms with Crippen LogP contribution in [0.5, 0.6) is 5.75 Å². The molecule has 0 saturated heterocycles. The van der Waals surface area contributed by atoms with Crippen LogP contribution in [0.4, 0.5) is 5.69 Å². The van der Waals surface area contributed by atoms with Gasteiger partial charge in [0.15, 0.2) is 6.61 Å². The van der Waals surface area contributed by atoms with Crippen molar-refractivity contribution < 1.29 is 33.4 Å². The minimum atomic E-state index is -0.986. The summed E-state index contributed by atoms with van der Waals surface area (Å²) in [7, 11) is 2.93. The zero-order valence-corrected chi connectivity index (χ0v) is 18.8. The van der Waals surface area contributed by atoms with E-state index in [9.17, 15) is 24.0 Å². The van der Waals surface area contributed by atoms with E-state index < -0.39 is 42.2 Å². The molecule has 10 heteroatoms. The van der Waals surface area contributed by atoms with Crippen molar-refractivity contribution in [3.63, 3.8) is 0 Å². The first-order valence-electron chi connectivity index (χ1n) is 10.2. The zero-order chi connectivity index (χ0) is 24.8. The van der Waals surface area contributed by atoms with Crippen LogP contribution in [-0.4, -0.2) is 61.3 Å². The SMILES string of the molecule is COc1ccc(C=CC(=O)N[C@@H](C)C(=O)OCC(=O)Nc2ccc3c(c2)C(=O)N(C)C3=O)cc1. The number of nitrogens with zero attached hydrogens (tertiary/aromatic N) is 1. The summed E-state index contributed by atoms with van der Waals surface area (Å²) in [5.74, 6) is -2.13. The lowest BCUT2D eigenvalue weighted by molar-refractivity contribution is -0.149. The van der Waals surface area contributed by atoms with E-state index in [1.807, 2.05) is 0 Å². The zero-order valence-electron chi connectivity index (χ0n) is 18.8. The average Bonchev–Trinajstić information content (AvgIpc) is 3.05. The number of carbonyl (C=O) groups excluding carboxylic acids is 5. The number of carbonyl (C=O) groups is 5. The first-order chi connectivity index (χ1) is 16.2. The van der Waals surface area contributed by atoms with Crippen LogP contribution in [-0.2, 0) is 19.1 Å². The van der Waals surface area contributed by atoms with Gasteiger partial charge in [-0.3, -0.25) is 24.1 Å². The third kappa shape index (κ3) is 5.66. The summed E-state index contributed by atoms with van der Waals surface area (Å²) in [5.41, 5.74) is 1.48. The van der Waals surface area contributed by atoms with Crippen molar-refractivity contribution in [2.45, 2.75) is 13.0 Å². The lowest BCUT2D eigenvalue weighted by Gasteiger charge is -2.12. The molecule has 2 aromatic rings. The van der Waals surface area contributed by atoms with Crippen LogP contribution in [0.3, 0.4) is 0 Å². The number of hydrogen-bond acceptors (Lipinski definition) is 7. The standard InChI is InChI=1S/C24H23N3O7/c1-14(25-20(28)11-6-15-4-8-17(33-3)9-5-15)24(32)34-13-21(29)26-16-7-10-18-19(12-16)23(31)27(2)22(18)30/h4-12,14H,13H2,1-3H3,(H,25,28)(H,26,29)/t14-/m0/s1. The Morgan fingerprint density at radius 2 is 1.71 bits per heavy atom. The molecule has 176 valence electrons. The minimum absolute atomic E-state index is 0.182. The molecule has 0 aromatic heterocycles. The number of anilines is 1. The second-order valence-electron chi connectivity index (χ2n) is 7.42. The van der Waals surface area contributed by atoms with Crippen LogP contribution in [0, 0.1) is 0 Å². The van der Waals surface area contributed by atoms with Crippen LogP contribution in [0.15, 0.2) is 48.5 Å². The molecule has 0 aliphatic carbocycles. The molecule has 0 unspecified atom stereocenters. The van der Waals surface area contributed by atoms with Gasteiger partial charge in [-0.1, -0.05) is 12.1 Å². The topological polar surface area (TPSA) is 131 Å². The molecular formula is C24H23N3O7. The Morgan fingerprint density at radius 1 is 1.03 bits per heavy atom. The van der Waals surface area contributed by atoms with Crippen molar-refractivity contribution in [3.8, 4) is 5.75 Å². The number of benzene rings is 2. The van der Waals surface area contributed by atoms with Gasteiger partial charge in [-0.15, -0.1) is 0 Å². The summed E-state index contributed by atoms with van der Waals surface area (Å²) < 4.78 is 10.0. The lowest BCUT2D eigenvalue weighted by atomic mass is 10.1. The Hall–Kier alpha value is -4.47. The van der Waals surface area contributed by atoms with E-state index in [0.29, 0.717) is 5.75 Å². The second kappa shape index (κ2) is 10.4. The summed E-state index contributed by atoms with van der Waals surface area (Å²) in [4.78, 5) is 61.2. The van der Waals surface area contributed by atoms with E-state index in [-0.39, 0.29) is 16.8 Å². The van der Waals surface area contributed by atoms with Crippen molar-refractivity contribution in [1.29, 1.82) is 0 Å². The van der Waals surface area contributed by atoms with Crippen molar-refractivity contribution in [2.75, 3.05) is 26.1 Å². The van der Waals surface area contributed by atoms with Crippen LogP contribution in [0.25, 0.3) is 6.08 Å². The molecule has 2 N–H and O–H groups in total. The Kier molecular flexibility index (Phi) is 7.42. The van der Waals surface area contributed by atoms with E-state index in [4.69, 9.17) is 9.47 Å². The summed E-state index contributed by atoms with van der Waals surface area (Å²) in [6.45, 7) is 0.837. The molecule has 4 amide bonds. The molecule has 3 rings (SSSR count). The highest BCUT2D eigenvalue weighted by atomic mass is 16.5. The van der Waals surface area contributed by atoms with Gasteiger partial charge in [-0.2, -0.15) is 0 Å². The summed E-state index contributed by atoms with van der Waals surface area (Å²) in [6.07, 6.45) is 2.85. The molecule has 10 nitrogen and oxygen atoms in total. The molecular weight excluding hydrogens is 442 g/mol. The fraction of sp³-hybridized carbons (Fsp3) is 0.208. The number of rotatable bonds is 8. The van der Waals surface area contributed by atoms with E-state index in [1.54, 1.807) is 37.5 Å². The highest BCUT2D eigenvalue weighted by molar-refractivity contribution is 6.21. The molecule has 0 fully saturated rings. The van der Waals surface area contributed by atoms with E-state index in [1.165, 1.54) is 38.2 Å². The van der Waals surface area contributed by atoms with Crippen molar-refractivity contribution in [3.05, 3.63) is 65.2 Å². The third-order valence-corrected chi connectivity index (χ3v) is 4.97. The monoisotopic (exact) mass is 465 g/mol. The van der Waals surface area contributed by atoms with Gasteiger partial charge in [-0.25, -0.2) is 4.79 Å². The molecule has 1 atom stereocenters. The maximum absolute atomic E-state index is 12.1. The van der Waals surface area contributed by atoms with E-state index >= 15 is 0 Å². The fourth-order valence-corrected chi connectivity index (χ4v) is 3.11. The first kappa shape index (κ1) is 24.2. The smallest absolute Gasteiger partial charge is 0.328 e. The average molecular weight is 465 g/mol. The van der Waals surface area contributed by atoms with Gasteiger partial charge in [0.05, 0.1) is 18.2 Å². The van der Waals surface area contributed by atoms with Crippen molar-refractivity contribution in [2.24, 2.45) is 0 Å². The van der Waals surface area contributed by atoms with Crippen molar-refractivity contribution >= 4 is 41.4 Å². The Bertz CT molecular complexity index is 1170. The Labute approximate surface area is 195 Å². The fourth-order valence-electron chi connectivity index (χ4n) is 3.11. The molecule has 0 radical (unpaired) electrons. The third-order valence-electron chi connectivity index (χ3n) is 4.97. The highest BCUT2D eigenvalue weighted by Crippen LogP contribution is 2.24. The molecule has 0 saturated carbocycles. The number of ether oxygens (including phenoxy) is 2. The summed E-state index contributed by atoms with van der Waals surface area (Å²) >= 11 is 0. The number of esters is 1. The van der Waals surface area contributed by atoms with Gasteiger partial charge in [-0.05, 0) is 48.9 Å². The van der Waals surface area contributed by atoms with Crippen molar-refractivity contribution in [1.82, 2.24) is 10.2 Å². The van der Waals surface area contributed by atoms with Gasteiger partial charge in [0, 0.05) is 18.8 Å². The van der Waals surface area contributed by atoms with E-state index in [2.05, 4.69) is 10.6 Å². The Balaban J connectivity index is 1.46. The van der Waals surface area contributed by atoms with Crippen LogP contribution < -0.4 is 15.4 Å². The number of imide groups is 1. The first-order valence-corrected chi connectivity index (χ1v) is 10.2. The normalized spacial score (nSPS) is 13.4. The van der Waals surface area contributed by atoms with Crippen LogP contribution in [0.1, 0.15) is 33.2 Å². The number of methoxy groups -OCH3 is 1. The van der Waals surface area contributed by atoms with E-state index in [0.717, 1.165) is 10.5 Å². The number of nitrogens with one attached hydrogen (secondary N) is 2. The van der Waals surface area contributed by atoms with Gasteiger partial charge in [0.2, 0.25) is 5.91 Å². The molecule has 1 heterocycles. The summed E-state index contributed by atoms with van der Waals surface area (Å²) in [6, 6.07) is 10.4. The number of amides is 4. The molecule has 1 aliphatic rings. The summed E-state index contributed by atoms with van der Waals surface area (Å²) in [5, 5.41) is 4.95. The predicted octanol–water partition coefficient (Wildman–Crippen LogP) is 1.62. The number of hydrogen-bond donors (Lipinski definition) is 2. The predicted molar refractivity (Wildman–Crippen MR) is 122 cm³/mol. The molecule has 2 aromatic carbocycles. The highest BCUT2D eigenvalue weighted by Gasteiger charge is 2.32. The van der Waals surface area contributed by atoms with Gasteiger partial charge < -0.3 is 20.1 Å². The largest absolute Gasteiger partial charge is 0.497 e. The van der Waals surface area contributed by atoms with Gasteiger partial charge >= 0.3 is 5.97 Å². The Morgan fingerprint density at radius 3 is 2.38 bits per heavy atom. The molecule has 0 spiro atoms. The second-order valence-corrected chi connectivity index (χ2v) is 7.42. The van der Waals surface area contributed by atoms with Gasteiger partial charge in [0.25, 0.3) is 17.7 Å². The maximum atomic E-state index is 12.1. The quantitative estimate of drug-likeness (QED) is 0.344. The molecule has 1 aliphatic heterocycles.